The number of aromatic nitrogens is 2. The van der Waals surface area contributed by atoms with Gasteiger partial charge in [-0.3, -0.25) is 5.32 Å². The van der Waals surface area contributed by atoms with Gasteiger partial charge in [0.1, 0.15) is 6.23 Å². The summed E-state index contributed by atoms with van der Waals surface area (Å²) < 4.78 is 43.8. The molecule has 1 heterocycles. The molecule has 29 heavy (non-hydrogen) atoms. The monoisotopic (exact) mass is 404 g/mol. The highest BCUT2D eigenvalue weighted by atomic mass is 19.4. The van der Waals surface area contributed by atoms with Crippen molar-refractivity contribution in [1.29, 1.82) is 0 Å². The lowest BCUT2D eigenvalue weighted by Crippen LogP contribution is -2.28. The molecule has 6 nitrogen and oxygen atoms in total. The largest absolute Gasteiger partial charge is 0.421 e. The molecule has 0 saturated heterocycles. The number of aliphatic hydroxyl groups is 1. The lowest BCUT2D eigenvalue weighted by atomic mass is 10.1. The lowest BCUT2D eigenvalue weighted by molar-refractivity contribution is -0.137. The third-order valence-corrected chi connectivity index (χ3v) is 4.03. The molecule has 1 aromatic heterocycles. The number of aliphatic hydroxyl groups excluding tert-OH is 1. The van der Waals surface area contributed by atoms with Gasteiger partial charge in [-0.15, -0.1) is 10.2 Å². The summed E-state index contributed by atoms with van der Waals surface area (Å²) in [5.74, 6) is 0.660. The standard InChI is InChI=1S/C20H19F3N4O2/c1-2-17(28)24-12-11-18-26-27-19(29-18)15-5-3-4-6-16(15)25-14-9-7-13(8-10-14)20(21,22)23/h2-10,17,24-25,28H,1,11-12H2. The molecule has 0 fully saturated rings. The zero-order chi connectivity index (χ0) is 20.9. The summed E-state index contributed by atoms with van der Waals surface area (Å²) >= 11 is 0. The summed E-state index contributed by atoms with van der Waals surface area (Å²) in [6.07, 6.45) is -3.42. The maximum atomic E-state index is 12.7. The van der Waals surface area contributed by atoms with Crippen molar-refractivity contribution in [2.24, 2.45) is 0 Å². The molecule has 0 aliphatic heterocycles. The molecule has 3 aromatic rings. The quantitative estimate of drug-likeness (QED) is 0.387. The zero-order valence-corrected chi connectivity index (χ0v) is 15.3. The van der Waals surface area contributed by atoms with Crippen LogP contribution >= 0.6 is 0 Å². The normalized spacial score (nSPS) is 12.6. The molecule has 0 aliphatic carbocycles. The molecule has 9 heteroatoms. The number of anilines is 2. The zero-order valence-electron chi connectivity index (χ0n) is 15.3. The van der Waals surface area contributed by atoms with E-state index in [4.69, 9.17) is 4.42 Å². The molecule has 0 spiro atoms. The van der Waals surface area contributed by atoms with Gasteiger partial charge in [0.2, 0.25) is 11.8 Å². The third kappa shape index (κ3) is 5.43. The molecule has 1 unspecified atom stereocenters. The van der Waals surface area contributed by atoms with Gasteiger partial charge in [-0.25, -0.2) is 0 Å². The number of rotatable bonds is 8. The summed E-state index contributed by atoms with van der Waals surface area (Å²) in [5.41, 5.74) is 1.01. The van der Waals surface area contributed by atoms with Crippen molar-refractivity contribution in [2.75, 3.05) is 11.9 Å². The highest BCUT2D eigenvalue weighted by molar-refractivity contribution is 5.76. The predicted molar refractivity (Wildman–Crippen MR) is 102 cm³/mol. The van der Waals surface area contributed by atoms with E-state index >= 15 is 0 Å². The molecular weight excluding hydrogens is 385 g/mol. The fraction of sp³-hybridized carbons (Fsp3) is 0.200. The Morgan fingerprint density at radius 1 is 1.10 bits per heavy atom. The van der Waals surface area contributed by atoms with Crippen LogP contribution in [0.3, 0.4) is 0 Å². The summed E-state index contributed by atoms with van der Waals surface area (Å²) in [4.78, 5) is 0. The maximum absolute atomic E-state index is 12.7. The Morgan fingerprint density at radius 2 is 1.83 bits per heavy atom. The SMILES string of the molecule is C=CC(O)NCCc1nnc(-c2ccccc2Nc2ccc(C(F)(F)F)cc2)o1. The molecule has 0 bridgehead atoms. The first kappa shape index (κ1) is 20.6. The van der Waals surface area contributed by atoms with Crippen LogP contribution in [-0.4, -0.2) is 28.1 Å². The van der Waals surface area contributed by atoms with Crippen molar-refractivity contribution in [1.82, 2.24) is 15.5 Å². The molecule has 152 valence electrons. The van der Waals surface area contributed by atoms with Crippen LogP contribution in [0.5, 0.6) is 0 Å². The Balaban J connectivity index is 1.73. The van der Waals surface area contributed by atoms with E-state index in [1.54, 1.807) is 24.3 Å². The van der Waals surface area contributed by atoms with Gasteiger partial charge in [-0.2, -0.15) is 13.2 Å². The van der Waals surface area contributed by atoms with Crippen LogP contribution in [0.25, 0.3) is 11.5 Å². The first-order chi connectivity index (χ1) is 13.9. The van der Waals surface area contributed by atoms with Crippen LogP contribution < -0.4 is 10.6 Å². The fourth-order valence-electron chi connectivity index (χ4n) is 2.55. The minimum atomic E-state index is -4.38. The van der Waals surface area contributed by atoms with Crippen LogP contribution in [0.2, 0.25) is 0 Å². The van der Waals surface area contributed by atoms with Crippen molar-refractivity contribution in [2.45, 2.75) is 18.8 Å². The predicted octanol–water partition coefficient (Wildman–Crippen LogP) is 4.14. The van der Waals surface area contributed by atoms with Crippen molar-refractivity contribution in [3.8, 4) is 11.5 Å². The maximum Gasteiger partial charge on any atom is 0.416 e. The van der Waals surface area contributed by atoms with Gasteiger partial charge in [-0.1, -0.05) is 18.7 Å². The Bertz CT molecular complexity index is 955. The topological polar surface area (TPSA) is 83.2 Å². The molecule has 0 saturated carbocycles. The molecule has 3 rings (SSSR count). The highest BCUT2D eigenvalue weighted by Gasteiger charge is 2.30. The summed E-state index contributed by atoms with van der Waals surface area (Å²) in [7, 11) is 0. The molecule has 1 atom stereocenters. The Hall–Kier alpha value is -3.17. The van der Waals surface area contributed by atoms with Crippen molar-refractivity contribution >= 4 is 11.4 Å². The van der Waals surface area contributed by atoms with E-state index in [1.165, 1.54) is 18.2 Å². The second-order valence-corrected chi connectivity index (χ2v) is 6.13. The van der Waals surface area contributed by atoms with E-state index in [2.05, 4.69) is 27.4 Å². The van der Waals surface area contributed by atoms with Gasteiger partial charge in [0.25, 0.3) is 0 Å². The van der Waals surface area contributed by atoms with Crippen molar-refractivity contribution < 1.29 is 22.7 Å². The van der Waals surface area contributed by atoms with E-state index in [0.717, 1.165) is 12.1 Å². The second-order valence-electron chi connectivity index (χ2n) is 6.13. The van der Waals surface area contributed by atoms with E-state index in [9.17, 15) is 18.3 Å². The van der Waals surface area contributed by atoms with E-state index < -0.39 is 18.0 Å². The van der Waals surface area contributed by atoms with Gasteiger partial charge >= 0.3 is 6.18 Å². The van der Waals surface area contributed by atoms with Crippen LogP contribution in [0.4, 0.5) is 24.5 Å². The molecule has 0 aliphatic rings. The Morgan fingerprint density at radius 3 is 2.52 bits per heavy atom. The first-order valence-electron chi connectivity index (χ1n) is 8.77. The van der Waals surface area contributed by atoms with Crippen LogP contribution in [-0.2, 0) is 12.6 Å². The highest BCUT2D eigenvalue weighted by Crippen LogP contribution is 2.32. The van der Waals surface area contributed by atoms with Crippen LogP contribution in [0, 0.1) is 0 Å². The molecule has 0 amide bonds. The van der Waals surface area contributed by atoms with Crippen LogP contribution in [0.15, 0.2) is 65.6 Å². The van der Waals surface area contributed by atoms with Gasteiger partial charge in [0, 0.05) is 18.7 Å². The van der Waals surface area contributed by atoms with Gasteiger partial charge in [-0.05, 0) is 42.5 Å². The van der Waals surface area contributed by atoms with E-state index in [0.29, 0.717) is 35.8 Å². The smallest absolute Gasteiger partial charge is 0.416 e. The van der Waals surface area contributed by atoms with Gasteiger partial charge in [0.15, 0.2) is 0 Å². The summed E-state index contributed by atoms with van der Waals surface area (Å²) in [6, 6.07) is 11.8. The third-order valence-electron chi connectivity index (χ3n) is 4.03. The Labute approximate surface area is 165 Å². The average Bonchev–Trinajstić information content (AvgIpc) is 3.16. The number of hydrogen-bond donors (Lipinski definition) is 3. The van der Waals surface area contributed by atoms with Crippen molar-refractivity contribution in [3.63, 3.8) is 0 Å². The number of nitrogens with zero attached hydrogens (tertiary/aromatic N) is 2. The van der Waals surface area contributed by atoms with Crippen molar-refractivity contribution in [3.05, 3.63) is 72.6 Å². The molecule has 3 N–H and O–H groups in total. The first-order valence-corrected chi connectivity index (χ1v) is 8.77. The molecule has 2 aromatic carbocycles. The average molecular weight is 404 g/mol. The minimum absolute atomic E-state index is 0.277. The molecular formula is C20H19F3N4O2. The van der Waals surface area contributed by atoms with Gasteiger partial charge < -0.3 is 14.8 Å². The molecule has 0 radical (unpaired) electrons. The number of para-hydroxylation sites is 1. The minimum Gasteiger partial charge on any atom is -0.421 e. The van der Waals surface area contributed by atoms with E-state index in [-0.39, 0.29) is 5.89 Å². The van der Waals surface area contributed by atoms with Gasteiger partial charge in [0.05, 0.1) is 16.8 Å². The number of nitrogens with one attached hydrogen (secondary N) is 2. The number of benzene rings is 2. The number of halogens is 3. The number of hydrogen-bond acceptors (Lipinski definition) is 6. The second kappa shape index (κ2) is 8.89. The number of alkyl halides is 3. The lowest BCUT2D eigenvalue weighted by Gasteiger charge is -2.11. The fourth-order valence-corrected chi connectivity index (χ4v) is 2.55. The summed E-state index contributed by atoms with van der Waals surface area (Å²) in [5, 5.41) is 23.3. The Kier molecular flexibility index (Phi) is 6.30. The summed E-state index contributed by atoms with van der Waals surface area (Å²) in [6.45, 7) is 3.88. The van der Waals surface area contributed by atoms with Crippen LogP contribution in [0.1, 0.15) is 11.5 Å². The van der Waals surface area contributed by atoms with E-state index in [1.807, 2.05) is 0 Å².